The number of sulfonamides is 1. The van der Waals surface area contributed by atoms with Gasteiger partial charge in [0.05, 0.1) is 11.8 Å². The zero-order valence-corrected chi connectivity index (χ0v) is 13.5. The summed E-state index contributed by atoms with van der Waals surface area (Å²) in [6, 6.07) is 0. The number of aryl methyl sites for hydroxylation is 1. The highest BCUT2D eigenvalue weighted by Crippen LogP contribution is 2.28. The zero-order valence-electron chi connectivity index (χ0n) is 12.7. The first kappa shape index (κ1) is 16.4. The molecule has 0 bridgehead atoms. The molecule has 1 aliphatic heterocycles. The Morgan fingerprint density at radius 3 is 2.95 bits per heavy atom. The molecule has 1 saturated heterocycles. The van der Waals surface area contributed by atoms with Crippen molar-refractivity contribution in [2.45, 2.75) is 43.2 Å². The molecule has 120 valence electrons. The Kier molecular flexibility index (Phi) is 5.03. The average Bonchev–Trinajstić information content (AvgIpc) is 2.95. The first-order valence-corrected chi connectivity index (χ1v) is 8.63. The van der Waals surface area contributed by atoms with Crippen molar-refractivity contribution in [1.29, 1.82) is 0 Å². The fourth-order valence-electron chi connectivity index (χ4n) is 2.53. The van der Waals surface area contributed by atoms with E-state index < -0.39 is 15.6 Å². The molecule has 0 saturated carbocycles. The topological polar surface area (TPSA) is 90.5 Å². The highest BCUT2D eigenvalue weighted by Gasteiger charge is 2.37. The summed E-state index contributed by atoms with van der Waals surface area (Å²) in [5.74, 6) is 0. The minimum atomic E-state index is -3.51. The minimum absolute atomic E-state index is 0.236. The highest BCUT2D eigenvalue weighted by molar-refractivity contribution is 7.89. The third-order valence-corrected chi connectivity index (χ3v) is 5.75. The van der Waals surface area contributed by atoms with Crippen LogP contribution >= 0.6 is 0 Å². The fourth-order valence-corrected chi connectivity index (χ4v) is 4.08. The lowest BCUT2D eigenvalue weighted by atomic mass is 9.96. The predicted molar refractivity (Wildman–Crippen MR) is 79.3 cm³/mol. The van der Waals surface area contributed by atoms with Gasteiger partial charge in [-0.3, -0.25) is 4.68 Å². The Morgan fingerprint density at radius 1 is 1.52 bits per heavy atom. The summed E-state index contributed by atoms with van der Waals surface area (Å²) in [5.41, 5.74) is 5.03. The molecule has 2 N–H and O–H groups in total. The van der Waals surface area contributed by atoms with E-state index in [0.717, 1.165) is 19.3 Å². The maximum absolute atomic E-state index is 12.7. The lowest BCUT2D eigenvalue weighted by Crippen LogP contribution is -2.49. The molecule has 21 heavy (non-hydrogen) atoms. The van der Waals surface area contributed by atoms with Gasteiger partial charge in [-0.05, 0) is 32.7 Å². The third-order valence-electron chi connectivity index (χ3n) is 3.96. The van der Waals surface area contributed by atoms with Crippen LogP contribution in [0.25, 0.3) is 0 Å². The van der Waals surface area contributed by atoms with Crippen LogP contribution in [0.3, 0.4) is 0 Å². The summed E-state index contributed by atoms with van der Waals surface area (Å²) in [4.78, 5) is 0.236. The second kappa shape index (κ2) is 6.43. The highest BCUT2D eigenvalue weighted by atomic mass is 32.2. The van der Waals surface area contributed by atoms with E-state index in [4.69, 9.17) is 10.5 Å². The second-order valence-corrected chi connectivity index (χ2v) is 7.62. The molecule has 0 aromatic carbocycles. The van der Waals surface area contributed by atoms with Crippen molar-refractivity contribution in [1.82, 2.24) is 14.1 Å². The Balaban J connectivity index is 2.15. The zero-order chi connectivity index (χ0) is 15.5. The average molecular weight is 316 g/mol. The molecule has 2 rings (SSSR count). The van der Waals surface area contributed by atoms with Crippen molar-refractivity contribution in [3.05, 3.63) is 12.4 Å². The summed E-state index contributed by atoms with van der Waals surface area (Å²) in [5, 5.41) is 4.10. The van der Waals surface area contributed by atoms with Crippen LogP contribution in [0.5, 0.6) is 0 Å². The molecule has 1 aliphatic rings. The molecule has 1 atom stereocenters. The Bertz CT molecular complexity index is 572. The van der Waals surface area contributed by atoms with E-state index in [0.29, 0.717) is 26.2 Å². The SMILES string of the molecule is COC1(C)CCCN(S(=O)(=O)c2cnn(CCCN)c2)C1. The number of nitrogens with zero attached hydrogens (tertiary/aromatic N) is 3. The van der Waals surface area contributed by atoms with Crippen LogP contribution in [0.1, 0.15) is 26.2 Å². The van der Waals surface area contributed by atoms with Crippen LogP contribution in [0.15, 0.2) is 17.3 Å². The first-order chi connectivity index (χ1) is 9.91. The molecule has 0 spiro atoms. The number of rotatable bonds is 6. The molecule has 2 heterocycles. The number of piperidine rings is 1. The van der Waals surface area contributed by atoms with E-state index in [1.165, 1.54) is 10.5 Å². The number of ether oxygens (including phenoxy) is 1. The number of hydrogen-bond donors (Lipinski definition) is 1. The van der Waals surface area contributed by atoms with E-state index in [1.807, 2.05) is 6.92 Å². The quantitative estimate of drug-likeness (QED) is 0.821. The predicted octanol–water partition coefficient (Wildman–Crippen LogP) is 0.422. The van der Waals surface area contributed by atoms with Crippen molar-refractivity contribution in [3.8, 4) is 0 Å². The van der Waals surface area contributed by atoms with E-state index >= 15 is 0 Å². The van der Waals surface area contributed by atoms with Crippen LogP contribution in [0, 0.1) is 0 Å². The van der Waals surface area contributed by atoms with E-state index in [-0.39, 0.29) is 4.90 Å². The van der Waals surface area contributed by atoms with E-state index in [9.17, 15) is 8.42 Å². The van der Waals surface area contributed by atoms with Gasteiger partial charge in [0.15, 0.2) is 0 Å². The van der Waals surface area contributed by atoms with Gasteiger partial charge in [0.25, 0.3) is 0 Å². The summed E-state index contributed by atoms with van der Waals surface area (Å²) in [6.45, 7) is 4.02. The summed E-state index contributed by atoms with van der Waals surface area (Å²) >= 11 is 0. The largest absolute Gasteiger partial charge is 0.377 e. The maximum Gasteiger partial charge on any atom is 0.246 e. The first-order valence-electron chi connectivity index (χ1n) is 7.19. The Labute approximate surface area is 126 Å². The van der Waals surface area contributed by atoms with Crippen LogP contribution < -0.4 is 5.73 Å². The van der Waals surface area contributed by atoms with Crippen LogP contribution in [-0.4, -0.2) is 54.8 Å². The molecule has 1 aromatic rings. The molecular formula is C13H24N4O3S. The molecule has 1 fully saturated rings. The van der Waals surface area contributed by atoms with Crippen LogP contribution in [-0.2, 0) is 21.3 Å². The number of methoxy groups -OCH3 is 1. The van der Waals surface area contributed by atoms with Crippen LogP contribution in [0.2, 0.25) is 0 Å². The second-order valence-electron chi connectivity index (χ2n) is 5.68. The van der Waals surface area contributed by atoms with Crippen molar-refractivity contribution in [2.75, 3.05) is 26.7 Å². The molecule has 0 amide bonds. The lowest BCUT2D eigenvalue weighted by Gasteiger charge is -2.38. The van der Waals surface area contributed by atoms with Crippen molar-refractivity contribution >= 4 is 10.0 Å². The molecule has 7 nitrogen and oxygen atoms in total. The van der Waals surface area contributed by atoms with Crippen molar-refractivity contribution in [2.24, 2.45) is 5.73 Å². The summed E-state index contributed by atoms with van der Waals surface area (Å²) in [6.07, 6.45) is 5.41. The smallest absolute Gasteiger partial charge is 0.246 e. The number of nitrogens with two attached hydrogens (primary N) is 1. The third kappa shape index (κ3) is 3.63. The van der Waals surface area contributed by atoms with Gasteiger partial charge in [-0.2, -0.15) is 9.40 Å². The Hall–Kier alpha value is -0.960. The molecule has 1 aromatic heterocycles. The minimum Gasteiger partial charge on any atom is -0.377 e. The van der Waals surface area contributed by atoms with Gasteiger partial charge in [0, 0.05) is 32.9 Å². The van der Waals surface area contributed by atoms with Gasteiger partial charge in [-0.15, -0.1) is 0 Å². The van der Waals surface area contributed by atoms with E-state index in [1.54, 1.807) is 18.0 Å². The van der Waals surface area contributed by atoms with Gasteiger partial charge < -0.3 is 10.5 Å². The molecular weight excluding hydrogens is 292 g/mol. The summed E-state index contributed by atoms with van der Waals surface area (Å²) in [7, 11) is -1.88. The van der Waals surface area contributed by atoms with Crippen LogP contribution in [0.4, 0.5) is 0 Å². The molecule has 1 unspecified atom stereocenters. The van der Waals surface area contributed by atoms with Crippen molar-refractivity contribution in [3.63, 3.8) is 0 Å². The summed E-state index contributed by atoms with van der Waals surface area (Å²) < 4.78 is 33.9. The maximum atomic E-state index is 12.7. The standard InChI is InChI=1S/C13H24N4O3S/c1-13(20-2)5-3-8-17(11-13)21(18,19)12-9-15-16(10-12)7-4-6-14/h9-10H,3-8,11,14H2,1-2H3. The number of hydrogen-bond acceptors (Lipinski definition) is 5. The van der Waals surface area contributed by atoms with Gasteiger partial charge in [-0.25, -0.2) is 8.42 Å². The van der Waals surface area contributed by atoms with Gasteiger partial charge in [0.1, 0.15) is 4.90 Å². The molecule has 0 radical (unpaired) electrons. The fraction of sp³-hybridized carbons (Fsp3) is 0.769. The van der Waals surface area contributed by atoms with E-state index in [2.05, 4.69) is 5.10 Å². The normalized spacial score (nSPS) is 24.3. The van der Waals surface area contributed by atoms with Gasteiger partial charge in [0.2, 0.25) is 10.0 Å². The molecule has 0 aliphatic carbocycles. The monoisotopic (exact) mass is 316 g/mol. The van der Waals surface area contributed by atoms with Gasteiger partial charge >= 0.3 is 0 Å². The van der Waals surface area contributed by atoms with Gasteiger partial charge in [-0.1, -0.05) is 0 Å². The number of aromatic nitrogens is 2. The Morgan fingerprint density at radius 2 is 2.29 bits per heavy atom. The lowest BCUT2D eigenvalue weighted by molar-refractivity contribution is -0.0319. The molecule has 8 heteroatoms. The van der Waals surface area contributed by atoms with Crippen molar-refractivity contribution < 1.29 is 13.2 Å².